The Bertz CT molecular complexity index is 759. The van der Waals surface area contributed by atoms with E-state index < -0.39 is 6.10 Å². The number of rotatable bonds is 2. The van der Waals surface area contributed by atoms with E-state index in [0.717, 1.165) is 5.39 Å². The smallest absolute Gasteiger partial charge is 0.258 e. The first-order valence-electron chi connectivity index (χ1n) is 7.45. The maximum absolute atomic E-state index is 12.9. The number of amides is 2. The average Bonchev–Trinajstić information content (AvgIpc) is 2.60. The summed E-state index contributed by atoms with van der Waals surface area (Å²) < 4.78 is 5.40. The van der Waals surface area contributed by atoms with Gasteiger partial charge in [-0.2, -0.15) is 0 Å². The summed E-state index contributed by atoms with van der Waals surface area (Å²) in [6.45, 7) is 0.839. The van der Waals surface area contributed by atoms with Gasteiger partial charge >= 0.3 is 0 Å². The van der Waals surface area contributed by atoms with E-state index in [1.165, 1.54) is 13.1 Å². The lowest BCUT2D eigenvalue weighted by Crippen LogP contribution is -2.51. The second-order valence-electron chi connectivity index (χ2n) is 5.41. The number of nitrogens with one attached hydrogen (secondary N) is 1. The van der Waals surface area contributed by atoms with Gasteiger partial charge in [-0.25, -0.2) is 0 Å². The van der Waals surface area contributed by atoms with E-state index in [-0.39, 0.29) is 36.3 Å². The SMILES string of the molecule is CNC(=O)C1CN(C(=O)c2c(O)ccc3ccccc23)CCO1. The fourth-order valence-electron chi connectivity index (χ4n) is 2.80. The number of ether oxygens (including phenoxy) is 1. The molecule has 0 radical (unpaired) electrons. The van der Waals surface area contributed by atoms with Crippen molar-refractivity contribution >= 4 is 22.6 Å². The van der Waals surface area contributed by atoms with Gasteiger partial charge in [-0.3, -0.25) is 9.59 Å². The zero-order valence-corrected chi connectivity index (χ0v) is 12.8. The Kier molecular flexibility index (Phi) is 4.16. The fraction of sp³-hybridized carbons (Fsp3) is 0.294. The van der Waals surface area contributed by atoms with Crippen LogP contribution in [0.15, 0.2) is 36.4 Å². The van der Waals surface area contributed by atoms with Crippen molar-refractivity contribution in [2.24, 2.45) is 0 Å². The molecule has 0 saturated carbocycles. The summed E-state index contributed by atoms with van der Waals surface area (Å²) in [4.78, 5) is 26.1. The van der Waals surface area contributed by atoms with Crippen molar-refractivity contribution < 1.29 is 19.4 Å². The number of morpholine rings is 1. The Morgan fingerprint density at radius 2 is 2.04 bits per heavy atom. The van der Waals surface area contributed by atoms with Gasteiger partial charge in [0.2, 0.25) is 0 Å². The average molecular weight is 314 g/mol. The van der Waals surface area contributed by atoms with Crippen LogP contribution in [0.5, 0.6) is 5.75 Å². The van der Waals surface area contributed by atoms with Crippen LogP contribution < -0.4 is 5.32 Å². The van der Waals surface area contributed by atoms with Gasteiger partial charge < -0.3 is 20.1 Å². The first-order chi connectivity index (χ1) is 11.1. The van der Waals surface area contributed by atoms with Crippen LogP contribution in [0.2, 0.25) is 0 Å². The molecule has 1 atom stereocenters. The van der Waals surface area contributed by atoms with E-state index in [1.54, 1.807) is 17.0 Å². The highest BCUT2D eigenvalue weighted by Crippen LogP contribution is 2.28. The number of nitrogens with zero attached hydrogens (tertiary/aromatic N) is 1. The summed E-state index contributed by atoms with van der Waals surface area (Å²) in [6.07, 6.45) is -0.685. The molecule has 0 spiro atoms. The number of aromatic hydroxyl groups is 1. The van der Waals surface area contributed by atoms with Crippen LogP contribution in [0.25, 0.3) is 10.8 Å². The van der Waals surface area contributed by atoms with Crippen molar-refractivity contribution in [3.8, 4) is 5.75 Å². The number of carbonyl (C=O) groups is 2. The Labute approximate surface area is 133 Å². The predicted octanol–water partition coefficient (Wildman–Crippen LogP) is 1.13. The second-order valence-corrected chi connectivity index (χ2v) is 5.41. The topological polar surface area (TPSA) is 78.9 Å². The van der Waals surface area contributed by atoms with Crippen LogP contribution >= 0.6 is 0 Å². The summed E-state index contributed by atoms with van der Waals surface area (Å²) in [5.74, 6) is -0.613. The first kappa shape index (κ1) is 15.3. The molecule has 2 amide bonds. The molecule has 1 aliphatic rings. The van der Waals surface area contributed by atoms with Gasteiger partial charge in [-0.05, 0) is 16.8 Å². The van der Waals surface area contributed by atoms with E-state index in [2.05, 4.69) is 5.32 Å². The molecule has 23 heavy (non-hydrogen) atoms. The lowest BCUT2D eigenvalue weighted by atomic mass is 10.0. The maximum atomic E-state index is 12.9. The van der Waals surface area contributed by atoms with Crippen LogP contribution in [0.3, 0.4) is 0 Å². The van der Waals surface area contributed by atoms with Gasteiger partial charge in [-0.15, -0.1) is 0 Å². The molecule has 2 N–H and O–H groups in total. The monoisotopic (exact) mass is 314 g/mol. The van der Waals surface area contributed by atoms with Crippen LogP contribution in [0, 0.1) is 0 Å². The van der Waals surface area contributed by atoms with Gasteiger partial charge in [0.25, 0.3) is 11.8 Å². The number of likely N-dealkylation sites (N-methyl/N-ethyl adjacent to an activating group) is 1. The minimum absolute atomic E-state index is 0.0586. The molecule has 1 heterocycles. The molecule has 120 valence electrons. The van der Waals surface area contributed by atoms with Gasteiger partial charge in [0.05, 0.1) is 18.7 Å². The van der Waals surface area contributed by atoms with E-state index in [4.69, 9.17) is 4.74 Å². The van der Waals surface area contributed by atoms with Crippen LogP contribution in [-0.2, 0) is 9.53 Å². The normalized spacial score (nSPS) is 18.0. The fourth-order valence-corrected chi connectivity index (χ4v) is 2.80. The lowest BCUT2D eigenvalue weighted by molar-refractivity contribution is -0.136. The highest BCUT2D eigenvalue weighted by Gasteiger charge is 2.30. The number of hydrogen-bond donors (Lipinski definition) is 2. The minimum atomic E-state index is -0.685. The Morgan fingerprint density at radius 3 is 2.83 bits per heavy atom. The quantitative estimate of drug-likeness (QED) is 0.871. The molecule has 1 unspecified atom stereocenters. The van der Waals surface area contributed by atoms with E-state index >= 15 is 0 Å². The van der Waals surface area contributed by atoms with Crippen molar-refractivity contribution in [3.05, 3.63) is 42.0 Å². The molecule has 0 aromatic heterocycles. The molecule has 3 rings (SSSR count). The van der Waals surface area contributed by atoms with E-state index in [1.807, 2.05) is 18.2 Å². The van der Waals surface area contributed by atoms with Crippen molar-refractivity contribution in [2.45, 2.75) is 6.10 Å². The van der Waals surface area contributed by atoms with Gasteiger partial charge in [0.15, 0.2) is 6.10 Å². The van der Waals surface area contributed by atoms with Gasteiger partial charge in [0, 0.05) is 13.6 Å². The zero-order chi connectivity index (χ0) is 16.4. The molecule has 2 aromatic carbocycles. The van der Waals surface area contributed by atoms with Gasteiger partial charge in [0.1, 0.15) is 5.75 Å². The molecule has 0 aliphatic carbocycles. The third-order valence-corrected chi connectivity index (χ3v) is 4.01. The van der Waals surface area contributed by atoms with Crippen LogP contribution in [0.4, 0.5) is 0 Å². The van der Waals surface area contributed by atoms with Crippen molar-refractivity contribution in [1.82, 2.24) is 10.2 Å². The first-order valence-corrected chi connectivity index (χ1v) is 7.45. The predicted molar refractivity (Wildman–Crippen MR) is 85.3 cm³/mol. The number of hydrogen-bond acceptors (Lipinski definition) is 4. The van der Waals surface area contributed by atoms with E-state index in [9.17, 15) is 14.7 Å². The van der Waals surface area contributed by atoms with Crippen molar-refractivity contribution in [2.75, 3.05) is 26.7 Å². The lowest BCUT2D eigenvalue weighted by Gasteiger charge is -2.32. The zero-order valence-electron chi connectivity index (χ0n) is 12.8. The van der Waals surface area contributed by atoms with E-state index in [0.29, 0.717) is 11.9 Å². The highest BCUT2D eigenvalue weighted by molar-refractivity contribution is 6.09. The molecule has 6 heteroatoms. The van der Waals surface area contributed by atoms with Gasteiger partial charge in [-0.1, -0.05) is 30.3 Å². The van der Waals surface area contributed by atoms with Crippen molar-refractivity contribution in [3.63, 3.8) is 0 Å². The molecule has 6 nitrogen and oxygen atoms in total. The summed E-state index contributed by atoms with van der Waals surface area (Å²) in [7, 11) is 1.53. The standard InChI is InChI=1S/C17H18N2O4/c1-18-16(21)14-10-19(8-9-23-14)17(22)15-12-5-3-2-4-11(12)6-7-13(15)20/h2-7,14,20H,8-10H2,1H3,(H,18,21). The molecule has 1 saturated heterocycles. The third-order valence-electron chi connectivity index (χ3n) is 4.01. The van der Waals surface area contributed by atoms with Crippen LogP contribution in [0.1, 0.15) is 10.4 Å². The Hall–Kier alpha value is -2.60. The summed E-state index contributed by atoms with van der Waals surface area (Å²) in [6, 6.07) is 10.7. The molecular weight excluding hydrogens is 296 g/mol. The summed E-state index contributed by atoms with van der Waals surface area (Å²) in [5.41, 5.74) is 0.264. The number of benzene rings is 2. The Balaban J connectivity index is 1.94. The number of phenolic OH excluding ortho intramolecular Hbond substituents is 1. The Morgan fingerprint density at radius 1 is 1.26 bits per heavy atom. The minimum Gasteiger partial charge on any atom is -0.507 e. The highest BCUT2D eigenvalue weighted by atomic mass is 16.5. The van der Waals surface area contributed by atoms with Crippen molar-refractivity contribution in [1.29, 1.82) is 0 Å². The maximum Gasteiger partial charge on any atom is 0.258 e. The largest absolute Gasteiger partial charge is 0.507 e. The number of carbonyl (C=O) groups excluding carboxylic acids is 2. The van der Waals surface area contributed by atoms with Crippen LogP contribution in [-0.4, -0.2) is 54.7 Å². The molecule has 1 aliphatic heterocycles. The molecular formula is C17H18N2O4. The second kappa shape index (κ2) is 6.26. The molecule has 0 bridgehead atoms. The molecule has 1 fully saturated rings. The third kappa shape index (κ3) is 2.85. The molecule has 2 aromatic rings. The number of fused-ring (bicyclic) bond motifs is 1. The summed E-state index contributed by atoms with van der Waals surface area (Å²) in [5, 5.41) is 14.3. The summed E-state index contributed by atoms with van der Waals surface area (Å²) >= 11 is 0. The number of phenols is 1.